The van der Waals surface area contributed by atoms with E-state index in [2.05, 4.69) is 20.4 Å². The number of carbonyl (C=O) groups excluding carboxylic acids is 1. The molecule has 0 unspecified atom stereocenters. The van der Waals surface area contributed by atoms with E-state index in [1.807, 2.05) is 37.3 Å². The van der Waals surface area contributed by atoms with Crippen LogP contribution in [0.25, 0.3) is 17.0 Å². The highest BCUT2D eigenvalue weighted by Crippen LogP contribution is 2.43. The predicted octanol–water partition coefficient (Wildman–Crippen LogP) is 3.84. The van der Waals surface area contributed by atoms with Crippen molar-refractivity contribution in [3.05, 3.63) is 77.8 Å². The summed E-state index contributed by atoms with van der Waals surface area (Å²) in [6, 6.07) is 9.26. The van der Waals surface area contributed by atoms with E-state index in [0.717, 1.165) is 11.1 Å². The molecule has 9 nitrogen and oxygen atoms in total. The molecule has 35 heavy (non-hydrogen) atoms. The number of aliphatic hydroxyl groups excluding tert-OH is 1. The van der Waals surface area contributed by atoms with Crippen molar-refractivity contribution in [1.82, 2.24) is 19.5 Å². The van der Waals surface area contributed by atoms with Gasteiger partial charge in [0.05, 0.1) is 25.0 Å². The summed E-state index contributed by atoms with van der Waals surface area (Å²) < 4.78 is 25.3. The van der Waals surface area contributed by atoms with Crippen LogP contribution in [0.3, 0.4) is 0 Å². The van der Waals surface area contributed by atoms with Crippen molar-refractivity contribution in [1.29, 1.82) is 0 Å². The second-order valence-corrected chi connectivity index (χ2v) is 8.38. The van der Waals surface area contributed by atoms with Gasteiger partial charge in [0.25, 0.3) is 5.91 Å². The third-order valence-corrected chi connectivity index (χ3v) is 5.78. The zero-order valence-electron chi connectivity index (χ0n) is 19.0. The fraction of sp³-hybridized carbons (Fsp3) is 0.280. The number of carbonyl (C=O) groups is 1. The molecule has 1 aliphatic carbocycles. The molecule has 0 spiro atoms. The number of alkyl halides is 1. The van der Waals surface area contributed by atoms with Gasteiger partial charge >= 0.3 is 0 Å². The van der Waals surface area contributed by atoms with Crippen LogP contribution < -0.4 is 5.32 Å². The molecule has 0 aliphatic heterocycles. The first-order valence-corrected chi connectivity index (χ1v) is 11.3. The Balaban J connectivity index is 1.31. The Labute approximate surface area is 200 Å². The number of aryl methyl sites for hydroxylation is 1. The first-order chi connectivity index (χ1) is 17.0. The Morgan fingerprint density at radius 3 is 3.03 bits per heavy atom. The maximum atomic E-state index is 13.3. The van der Waals surface area contributed by atoms with Gasteiger partial charge < -0.3 is 19.7 Å². The lowest BCUT2D eigenvalue weighted by Gasteiger charge is -2.10. The van der Waals surface area contributed by atoms with Crippen molar-refractivity contribution in [3.8, 4) is 11.4 Å². The summed E-state index contributed by atoms with van der Waals surface area (Å²) >= 11 is 0. The van der Waals surface area contributed by atoms with Crippen LogP contribution in [0.4, 0.5) is 10.1 Å². The molecule has 0 bridgehead atoms. The Kier molecular flexibility index (Phi) is 6.28. The number of ether oxygens (including phenoxy) is 1. The van der Waals surface area contributed by atoms with Crippen molar-refractivity contribution >= 4 is 17.2 Å². The second-order valence-electron chi connectivity index (χ2n) is 8.38. The molecule has 1 amide bonds. The highest BCUT2D eigenvalue weighted by atomic mass is 19.1. The molecule has 1 aromatic carbocycles. The molecule has 3 aromatic heterocycles. The molecule has 2 atom stereocenters. The summed E-state index contributed by atoms with van der Waals surface area (Å²) in [5.41, 5.74) is 4.18. The van der Waals surface area contributed by atoms with Crippen LogP contribution in [0.2, 0.25) is 0 Å². The Hall–Kier alpha value is -4.05. The number of benzene rings is 1. The van der Waals surface area contributed by atoms with Crippen LogP contribution in [-0.2, 0) is 11.2 Å². The number of nitrogens with zero attached hydrogens (tertiary/aromatic N) is 4. The number of amides is 1. The van der Waals surface area contributed by atoms with Crippen molar-refractivity contribution < 1.29 is 23.6 Å². The van der Waals surface area contributed by atoms with E-state index in [-0.39, 0.29) is 25.0 Å². The average Bonchev–Trinajstić information content (AvgIpc) is 3.24. The van der Waals surface area contributed by atoms with Gasteiger partial charge in [-0.05, 0) is 55.2 Å². The quantitative estimate of drug-likeness (QED) is 0.278. The maximum absolute atomic E-state index is 13.3. The number of anilines is 1. The molecule has 180 valence electrons. The van der Waals surface area contributed by atoms with E-state index in [1.54, 1.807) is 22.9 Å². The minimum Gasteiger partial charge on any atom is -0.499 e. The van der Waals surface area contributed by atoms with Crippen molar-refractivity contribution in [2.24, 2.45) is 0 Å². The number of fused-ring (bicyclic) bond motifs is 1. The van der Waals surface area contributed by atoms with E-state index in [4.69, 9.17) is 14.4 Å². The Morgan fingerprint density at radius 1 is 1.37 bits per heavy atom. The topological polar surface area (TPSA) is 115 Å². The number of hydrogen-bond donors (Lipinski definition) is 2. The molecule has 2 N–H and O–H groups in total. The van der Waals surface area contributed by atoms with Gasteiger partial charge in [-0.3, -0.25) is 9.20 Å². The smallest absolute Gasteiger partial charge is 0.274 e. The summed E-state index contributed by atoms with van der Waals surface area (Å²) in [5, 5.41) is 15.6. The number of pyridine rings is 1. The zero-order valence-corrected chi connectivity index (χ0v) is 19.0. The van der Waals surface area contributed by atoms with Crippen molar-refractivity contribution in [2.75, 3.05) is 18.5 Å². The molecule has 5 rings (SSSR count). The van der Waals surface area contributed by atoms with Gasteiger partial charge in [0, 0.05) is 17.4 Å². The molecular weight excluding hydrogens is 453 g/mol. The molecular formula is C25H24FN5O4. The standard InChI is InChI=1S/C25H24FN5O4/c1-15-4-5-17(23-29-25(35-30-23)18-13-19(18)26)12-20(15)28-24(33)21-14-27-22-11-16(6-7-31(21)22)3-2-9-34-10-8-32/h2,4-7,9,11-12,14,18-19,32H,3,8,10,13H2,1H3,(H,28,33)/b9-2+/t18-,19-/m0/s1. The normalized spacial score (nSPS) is 17.2. The molecule has 0 saturated heterocycles. The van der Waals surface area contributed by atoms with Crippen LogP contribution in [0.1, 0.15) is 39.8 Å². The highest BCUT2D eigenvalue weighted by molar-refractivity contribution is 6.04. The fourth-order valence-corrected chi connectivity index (χ4v) is 3.70. The van der Waals surface area contributed by atoms with Crippen molar-refractivity contribution in [3.63, 3.8) is 0 Å². The molecule has 1 fully saturated rings. The second kappa shape index (κ2) is 9.67. The average molecular weight is 477 g/mol. The molecule has 0 radical (unpaired) electrons. The third-order valence-electron chi connectivity index (χ3n) is 5.78. The van der Waals surface area contributed by atoms with E-state index in [1.165, 1.54) is 6.20 Å². The van der Waals surface area contributed by atoms with Gasteiger partial charge in [0.2, 0.25) is 11.7 Å². The maximum Gasteiger partial charge on any atom is 0.274 e. The van der Waals surface area contributed by atoms with E-state index in [9.17, 15) is 9.18 Å². The predicted molar refractivity (Wildman–Crippen MR) is 126 cm³/mol. The fourth-order valence-electron chi connectivity index (χ4n) is 3.70. The highest BCUT2D eigenvalue weighted by Gasteiger charge is 2.43. The monoisotopic (exact) mass is 477 g/mol. The number of hydrogen-bond acceptors (Lipinski definition) is 7. The Bertz CT molecular complexity index is 1400. The van der Waals surface area contributed by atoms with Crippen molar-refractivity contribution in [2.45, 2.75) is 31.9 Å². The van der Waals surface area contributed by atoms with Gasteiger partial charge in [-0.1, -0.05) is 17.3 Å². The first-order valence-electron chi connectivity index (χ1n) is 11.3. The Morgan fingerprint density at radius 2 is 2.23 bits per heavy atom. The van der Waals surface area contributed by atoms with Gasteiger partial charge in [0.1, 0.15) is 24.1 Å². The molecule has 4 aromatic rings. The SMILES string of the molecule is Cc1ccc(-c2noc([C@H]3C[C@@H]3F)n2)cc1NC(=O)c1cnc2cc(C/C=C/OCCO)ccn12. The summed E-state index contributed by atoms with van der Waals surface area (Å²) in [6.07, 6.45) is 6.86. The number of halogens is 1. The number of aliphatic hydroxyl groups is 1. The van der Waals surface area contributed by atoms with Gasteiger partial charge in [-0.15, -0.1) is 0 Å². The van der Waals surface area contributed by atoms with E-state index < -0.39 is 6.17 Å². The van der Waals surface area contributed by atoms with Gasteiger partial charge in [-0.25, -0.2) is 9.37 Å². The molecule has 10 heteroatoms. The summed E-state index contributed by atoms with van der Waals surface area (Å²) in [7, 11) is 0. The molecule has 3 heterocycles. The van der Waals surface area contributed by atoms with Crippen LogP contribution in [-0.4, -0.2) is 49.9 Å². The number of rotatable bonds is 9. The van der Waals surface area contributed by atoms with E-state index >= 15 is 0 Å². The van der Waals surface area contributed by atoms with Crippen LogP contribution in [0.5, 0.6) is 0 Å². The largest absolute Gasteiger partial charge is 0.499 e. The van der Waals surface area contributed by atoms with Crippen LogP contribution in [0.15, 0.2) is 59.6 Å². The van der Waals surface area contributed by atoms with Crippen LogP contribution in [0, 0.1) is 6.92 Å². The zero-order chi connectivity index (χ0) is 24.4. The lowest BCUT2D eigenvalue weighted by molar-refractivity contribution is 0.102. The molecule has 1 saturated carbocycles. The molecule has 1 aliphatic rings. The number of allylic oxidation sites excluding steroid dienone is 1. The minimum atomic E-state index is -0.917. The van der Waals surface area contributed by atoms with Crippen LogP contribution >= 0.6 is 0 Å². The minimum absolute atomic E-state index is 0.0294. The summed E-state index contributed by atoms with van der Waals surface area (Å²) in [4.78, 5) is 21.8. The third kappa shape index (κ3) is 4.92. The number of aromatic nitrogens is 4. The first kappa shape index (κ1) is 22.7. The van der Waals surface area contributed by atoms with Gasteiger partial charge in [0.15, 0.2) is 0 Å². The number of nitrogens with one attached hydrogen (secondary N) is 1. The lowest BCUT2D eigenvalue weighted by Crippen LogP contribution is -2.15. The number of imidazole rings is 1. The summed E-state index contributed by atoms with van der Waals surface area (Å²) in [6.45, 7) is 2.11. The van der Waals surface area contributed by atoms with E-state index in [0.29, 0.717) is 47.1 Å². The summed E-state index contributed by atoms with van der Waals surface area (Å²) in [5.74, 6) is 0.0340. The van der Waals surface area contributed by atoms with Gasteiger partial charge in [-0.2, -0.15) is 4.98 Å². The lowest BCUT2D eigenvalue weighted by atomic mass is 10.1.